The van der Waals surface area contributed by atoms with E-state index in [4.69, 9.17) is 23.2 Å². The first-order chi connectivity index (χ1) is 12.4. The Labute approximate surface area is 161 Å². The maximum Gasteiger partial charge on any atom is 0.272 e. The SMILES string of the molecule is CC(=O)N1CCN(C(=O)c2cc(Nc3ccc(Cl)c(Cl)c3)ccn2)CC1. The van der Waals surface area contributed by atoms with E-state index >= 15 is 0 Å². The Morgan fingerprint density at radius 2 is 1.62 bits per heavy atom. The fourth-order valence-corrected chi connectivity index (χ4v) is 3.05. The van der Waals surface area contributed by atoms with Crippen molar-refractivity contribution in [2.75, 3.05) is 31.5 Å². The fraction of sp³-hybridized carbons (Fsp3) is 0.278. The van der Waals surface area contributed by atoms with E-state index in [2.05, 4.69) is 10.3 Å². The van der Waals surface area contributed by atoms with Crippen molar-refractivity contribution in [1.29, 1.82) is 0 Å². The molecular weight excluding hydrogens is 375 g/mol. The Hall–Kier alpha value is -2.31. The number of amides is 2. The van der Waals surface area contributed by atoms with Gasteiger partial charge in [0.15, 0.2) is 0 Å². The van der Waals surface area contributed by atoms with Crippen LogP contribution in [-0.2, 0) is 4.79 Å². The number of nitrogens with zero attached hydrogens (tertiary/aromatic N) is 3. The van der Waals surface area contributed by atoms with Crippen molar-refractivity contribution in [1.82, 2.24) is 14.8 Å². The minimum absolute atomic E-state index is 0.0306. The minimum atomic E-state index is -0.147. The second-order valence-corrected chi connectivity index (χ2v) is 6.80. The van der Waals surface area contributed by atoms with Crippen molar-refractivity contribution >= 4 is 46.4 Å². The number of pyridine rings is 1. The summed E-state index contributed by atoms with van der Waals surface area (Å²) in [5.41, 5.74) is 1.84. The smallest absolute Gasteiger partial charge is 0.272 e. The molecule has 3 rings (SSSR count). The van der Waals surface area contributed by atoms with E-state index in [1.165, 1.54) is 6.92 Å². The molecule has 2 amide bonds. The summed E-state index contributed by atoms with van der Waals surface area (Å²) in [6.07, 6.45) is 1.58. The van der Waals surface area contributed by atoms with Crippen LogP contribution in [0.4, 0.5) is 11.4 Å². The van der Waals surface area contributed by atoms with Gasteiger partial charge in [0, 0.05) is 50.7 Å². The average Bonchev–Trinajstić information content (AvgIpc) is 2.64. The Morgan fingerprint density at radius 1 is 0.962 bits per heavy atom. The summed E-state index contributed by atoms with van der Waals surface area (Å²) in [5.74, 6) is -0.117. The van der Waals surface area contributed by atoms with Crippen LogP contribution in [0.3, 0.4) is 0 Å². The summed E-state index contributed by atoms with van der Waals surface area (Å²) in [4.78, 5) is 31.7. The summed E-state index contributed by atoms with van der Waals surface area (Å²) in [6, 6.07) is 8.69. The number of carbonyl (C=O) groups is 2. The molecule has 2 heterocycles. The van der Waals surface area contributed by atoms with Crippen molar-refractivity contribution in [3.05, 3.63) is 52.3 Å². The zero-order valence-electron chi connectivity index (χ0n) is 14.2. The van der Waals surface area contributed by atoms with E-state index in [0.29, 0.717) is 41.9 Å². The second kappa shape index (κ2) is 7.93. The van der Waals surface area contributed by atoms with Crippen LogP contribution in [-0.4, -0.2) is 52.8 Å². The molecule has 0 atom stereocenters. The normalized spacial score (nSPS) is 14.3. The molecule has 1 aromatic carbocycles. The predicted octanol–water partition coefficient (Wildman–Crippen LogP) is 3.44. The molecule has 6 nitrogen and oxygen atoms in total. The number of hydrogen-bond acceptors (Lipinski definition) is 4. The Kier molecular flexibility index (Phi) is 5.64. The molecule has 0 unspecified atom stereocenters. The van der Waals surface area contributed by atoms with Crippen LogP contribution in [0.25, 0.3) is 0 Å². The quantitative estimate of drug-likeness (QED) is 0.868. The summed E-state index contributed by atoms with van der Waals surface area (Å²) in [6.45, 7) is 3.64. The van der Waals surface area contributed by atoms with Crippen LogP contribution in [0.1, 0.15) is 17.4 Å². The lowest BCUT2D eigenvalue weighted by Crippen LogP contribution is -2.50. The third kappa shape index (κ3) is 4.26. The zero-order valence-corrected chi connectivity index (χ0v) is 15.7. The maximum atomic E-state index is 12.7. The molecule has 1 N–H and O–H groups in total. The van der Waals surface area contributed by atoms with Crippen molar-refractivity contribution in [2.24, 2.45) is 0 Å². The molecule has 0 radical (unpaired) electrons. The van der Waals surface area contributed by atoms with Gasteiger partial charge in [-0.2, -0.15) is 0 Å². The molecule has 26 heavy (non-hydrogen) atoms. The highest BCUT2D eigenvalue weighted by Crippen LogP contribution is 2.27. The van der Waals surface area contributed by atoms with Crippen LogP contribution in [0, 0.1) is 0 Å². The van der Waals surface area contributed by atoms with Gasteiger partial charge in [0.05, 0.1) is 10.0 Å². The lowest BCUT2D eigenvalue weighted by molar-refractivity contribution is -0.130. The largest absolute Gasteiger partial charge is 0.355 e. The zero-order chi connectivity index (χ0) is 18.7. The first-order valence-electron chi connectivity index (χ1n) is 8.17. The van der Waals surface area contributed by atoms with Gasteiger partial charge in [-0.25, -0.2) is 0 Å². The van der Waals surface area contributed by atoms with Gasteiger partial charge in [0.2, 0.25) is 5.91 Å². The van der Waals surface area contributed by atoms with E-state index in [9.17, 15) is 9.59 Å². The monoisotopic (exact) mass is 392 g/mol. The van der Waals surface area contributed by atoms with Gasteiger partial charge in [0.1, 0.15) is 5.69 Å². The first kappa shape index (κ1) is 18.5. The number of benzene rings is 1. The molecule has 1 aliphatic rings. The van der Waals surface area contributed by atoms with Crippen molar-refractivity contribution in [3.63, 3.8) is 0 Å². The summed E-state index contributed by atoms with van der Waals surface area (Å²) in [5, 5.41) is 4.11. The van der Waals surface area contributed by atoms with Crippen LogP contribution in [0.15, 0.2) is 36.5 Å². The molecule has 0 aliphatic carbocycles. The second-order valence-electron chi connectivity index (χ2n) is 5.98. The molecule has 0 spiro atoms. The van der Waals surface area contributed by atoms with E-state index in [1.807, 2.05) is 0 Å². The molecule has 8 heteroatoms. The van der Waals surface area contributed by atoms with Crippen LogP contribution < -0.4 is 5.32 Å². The Bertz CT molecular complexity index is 836. The molecule has 1 aromatic heterocycles. The highest BCUT2D eigenvalue weighted by Gasteiger charge is 2.24. The number of rotatable bonds is 3. The number of aromatic nitrogens is 1. The number of halogens is 2. The number of nitrogens with one attached hydrogen (secondary N) is 1. The summed E-state index contributed by atoms with van der Waals surface area (Å²) >= 11 is 11.9. The average molecular weight is 393 g/mol. The highest BCUT2D eigenvalue weighted by atomic mass is 35.5. The number of piperazine rings is 1. The lowest BCUT2D eigenvalue weighted by atomic mass is 10.2. The van der Waals surface area contributed by atoms with Crippen molar-refractivity contribution in [3.8, 4) is 0 Å². The lowest BCUT2D eigenvalue weighted by Gasteiger charge is -2.34. The Morgan fingerprint density at radius 3 is 2.27 bits per heavy atom. The van der Waals surface area contributed by atoms with Crippen molar-refractivity contribution < 1.29 is 9.59 Å². The minimum Gasteiger partial charge on any atom is -0.355 e. The van der Waals surface area contributed by atoms with E-state index in [-0.39, 0.29) is 11.8 Å². The van der Waals surface area contributed by atoms with E-state index in [0.717, 1.165) is 11.4 Å². The third-order valence-electron chi connectivity index (χ3n) is 4.20. The summed E-state index contributed by atoms with van der Waals surface area (Å²) < 4.78 is 0. The van der Waals surface area contributed by atoms with Gasteiger partial charge in [-0.15, -0.1) is 0 Å². The molecule has 136 valence electrons. The molecule has 0 bridgehead atoms. The fourth-order valence-electron chi connectivity index (χ4n) is 2.75. The van der Waals surface area contributed by atoms with Gasteiger partial charge in [-0.3, -0.25) is 14.6 Å². The molecular formula is C18H18Cl2N4O2. The van der Waals surface area contributed by atoms with Crippen LogP contribution >= 0.6 is 23.2 Å². The van der Waals surface area contributed by atoms with E-state index < -0.39 is 0 Å². The van der Waals surface area contributed by atoms with E-state index in [1.54, 1.807) is 46.3 Å². The van der Waals surface area contributed by atoms with Crippen LogP contribution in [0.5, 0.6) is 0 Å². The van der Waals surface area contributed by atoms with Gasteiger partial charge >= 0.3 is 0 Å². The standard InChI is InChI=1S/C18H18Cl2N4O2/c1-12(25)23-6-8-24(9-7-23)18(26)17-11-14(4-5-21-17)22-13-2-3-15(19)16(20)10-13/h2-5,10-11H,6-9H2,1H3,(H,21,22). The number of anilines is 2. The molecule has 1 saturated heterocycles. The molecule has 2 aromatic rings. The van der Waals surface area contributed by atoms with Gasteiger partial charge in [-0.1, -0.05) is 23.2 Å². The first-order valence-corrected chi connectivity index (χ1v) is 8.92. The molecule has 0 saturated carbocycles. The third-order valence-corrected chi connectivity index (χ3v) is 4.94. The highest BCUT2D eigenvalue weighted by molar-refractivity contribution is 6.42. The Balaban J connectivity index is 1.69. The topological polar surface area (TPSA) is 65.5 Å². The van der Waals surface area contributed by atoms with Gasteiger partial charge in [0.25, 0.3) is 5.91 Å². The predicted molar refractivity (Wildman–Crippen MR) is 102 cm³/mol. The number of carbonyl (C=O) groups excluding carboxylic acids is 2. The van der Waals surface area contributed by atoms with Crippen molar-refractivity contribution in [2.45, 2.75) is 6.92 Å². The molecule has 1 fully saturated rings. The van der Waals surface area contributed by atoms with Gasteiger partial charge in [-0.05, 0) is 30.3 Å². The molecule has 1 aliphatic heterocycles. The van der Waals surface area contributed by atoms with Gasteiger partial charge < -0.3 is 15.1 Å². The number of hydrogen-bond donors (Lipinski definition) is 1. The maximum absolute atomic E-state index is 12.7. The van der Waals surface area contributed by atoms with Crippen LogP contribution in [0.2, 0.25) is 10.0 Å². The summed E-state index contributed by atoms with van der Waals surface area (Å²) in [7, 11) is 0.